The van der Waals surface area contributed by atoms with Crippen LogP contribution in [0.2, 0.25) is 0 Å². The first kappa shape index (κ1) is 17.5. The molecule has 0 radical (unpaired) electrons. The first-order valence-electron chi connectivity index (χ1n) is 8.54. The number of hydrogen-bond donors (Lipinski definition) is 0. The second-order valence-corrected chi connectivity index (χ2v) is 6.95. The minimum atomic E-state index is -0.241. The molecule has 0 saturated heterocycles. The molecule has 1 aromatic carbocycles. The van der Waals surface area contributed by atoms with Crippen molar-refractivity contribution in [2.45, 2.75) is 39.3 Å². The van der Waals surface area contributed by atoms with Crippen molar-refractivity contribution >= 4 is 0 Å². The largest absolute Gasteiger partial charge is 0.490 e. The zero-order valence-corrected chi connectivity index (χ0v) is 14.9. The number of aromatic nitrogens is 2. The lowest BCUT2D eigenvalue weighted by molar-refractivity contribution is -0.00832. The first-order chi connectivity index (χ1) is 11.9. The lowest BCUT2D eigenvalue weighted by Crippen LogP contribution is -2.28. The lowest BCUT2D eigenvalue weighted by atomic mass is 10.1. The van der Waals surface area contributed by atoms with E-state index in [0.29, 0.717) is 37.8 Å². The smallest absolute Gasteiger partial charge is 0.266 e. The van der Waals surface area contributed by atoms with Gasteiger partial charge < -0.3 is 14.2 Å². The summed E-state index contributed by atoms with van der Waals surface area (Å²) in [6.45, 7) is 8.08. The Morgan fingerprint density at radius 2 is 1.88 bits per heavy atom. The molecule has 0 saturated carbocycles. The van der Waals surface area contributed by atoms with Crippen LogP contribution in [-0.2, 0) is 11.3 Å². The molecule has 0 N–H and O–H groups in total. The summed E-state index contributed by atoms with van der Waals surface area (Å²) < 4.78 is 18.5. The third kappa shape index (κ3) is 4.60. The Bertz CT molecular complexity index is 793. The van der Waals surface area contributed by atoms with E-state index in [1.54, 1.807) is 6.07 Å². The third-order valence-electron chi connectivity index (χ3n) is 3.75. The van der Waals surface area contributed by atoms with Crippen LogP contribution in [-0.4, -0.2) is 35.2 Å². The fourth-order valence-corrected chi connectivity index (χ4v) is 2.52. The highest BCUT2D eigenvalue weighted by Gasteiger charge is 2.13. The van der Waals surface area contributed by atoms with Crippen LogP contribution < -0.4 is 15.0 Å². The number of rotatable bonds is 4. The van der Waals surface area contributed by atoms with Gasteiger partial charge in [0.1, 0.15) is 0 Å². The van der Waals surface area contributed by atoms with Gasteiger partial charge in [0.15, 0.2) is 11.5 Å². The van der Waals surface area contributed by atoms with Gasteiger partial charge in [-0.05, 0) is 45.0 Å². The number of ether oxygens (including phenoxy) is 3. The number of hydrogen-bond acceptors (Lipinski definition) is 5. The molecule has 0 fully saturated rings. The highest BCUT2D eigenvalue weighted by Crippen LogP contribution is 2.33. The molecule has 3 rings (SSSR count). The predicted octanol–water partition coefficient (Wildman–Crippen LogP) is 2.89. The van der Waals surface area contributed by atoms with Gasteiger partial charge in [0.2, 0.25) is 0 Å². The zero-order valence-electron chi connectivity index (χ0n) is 14.9. The van der Waals surface area contributed by atoms with Crippen LogP contribution in [0.3, 0.4) is 0 Å². The van der Waals surface area contributed by atoms with E-state index in [4.69, 9.17) is 14.2 Å². The van der Waals surface area contributed by atoms with Crippen LogP contribution in [0.15, 0.2) is 35.1 Å². The molecule has 0 amide bonds. The summed E-state index contributed by atoms with van der Waals surface area (Å²) in [6, 6.07) is 8.97. The molecule has 0 atom stereocenters. The van der Waals surface area contributed by atoms with E-state index in [-0.39, 0.29) is 11.2 Å². The Morgan fingerprint density at radius 3 is 2.64 bits per heavy atom. The Balaban J connectivity index is 1.82. The predicted molar refractivity (Wildman–Crippen MR) is 95.2 cm³/mol. The van der Waals surface area contributed by atoms with Crippen LogP contribution in [0, 0.1) is 0 Å². The van der Waals surface area contributed by atoms with Gasteiger partial charge in [0.25, 0.3) is 5.56 Å². The van der Waals surface area contributed by atoms with Crippen LogP contribution >= 0.6 is 0 Å². The highest BCUT2D eigenvalue weighted by atomic mass is 16.5. The van der Waals surface area contributed by atoms with Crippen molar-refractivity contribution in [1.82, 2.24) is 9.78 Å². The zero-order chi connectivity index (χ0) is 17.9. The third-order valence-corrected chi connectivity index (χ3v) is 3.75. The fraction of sp³-hybridized carbons (Fsp3) is 0.474. The average molecular weight is 344 g/mol. The molecule has 1 aliphatic rings. The molecule has 1 aliphatic heterocycles. The standard InChI is InChI=1S/C19H24N2O4/c1-19(2,3)25-12-9-21-18(22)8-6-15(20-21)14-5-7-16-17(13-14)24-11-4-10-23-16/h5-8,13H,4,9-12H2,1-3H3. The van der Waals surface area contributed by atoms with E-state index in [1.165, 1.54) is 10.7 Å². The molecule has 0 aliphatic carbocycles. The molecule has 0 unspecified atom stereocenters. The second-order valence-electron chi connectivity index (χ2n) is 6.95. The lowest BCUT2D eigenvalue weighted by Gasteiger charge is -2.19. The molecule has 6 heteroatoms. The maximum atomic E-state index is 12.0. The summed E-state index contributed by atoms with van der Waals surface area (Å²) in [5, 5.41) is 4.46. The SMILES string of the molecule is CC(C)(C)OCCn1nc(-c2ccc3c(c2)OCCCO3)ccc1=O. The summed E-state index contributed by atoms with van der Waals surface area (Å²) in [5.74, 6) is 1.46. The molecular weight excluding hydrogens is 320 g/mol. The van der Waals surface area contributed by atoms with E-state index >= 15 is 0 Å². The monoisotopic (exact) mass is 344 g/mol. The minimum Gasteiger partial charge on any atom is -0.490 e. The number of benzene rings is 1. The summed E-state index contributed by atoms with van der Waals surface area (Å²) >= 11 is 0. The highest BCUT2D eigenvalue weighted by molar-refractivity contribution is 5.63. The van der Waals surface area contributed by atoms with Crippen LogP contribution in [0.5, 0.6) is 11.5 Å². The van der Waals surface area contributed by atoms with Crippen molar-refractivity contribution in [1.29, 1.82) is 0 Å². The molecule has 6 nitrogen and oxygen atoms in total. The summed E-state index contributed by atoms with van der Waals surface area (Å²) in [4.78, 5) is 12.0. The van der Waals surface area contributed by atoms with E-state index in [2.05, 4.69) is 5.10 Å². The molecule has 0 bridgehead atoms. The van der Waals surface area contributed by atoms with Gasteiger partial charge in [0.05, 0.1) is 37.7 Å². The topological polar surface area (TPSA) is 62.6 Å². The van der Waals surface area contributed by atoms with Crippen molar-refractivity contribution in [3.05, 3.63) is 40.7 Å². The molecule has 134 valence electrons. The van der Waals surface area contributed by atoms with Gasteiger partial charge in [-0.2, -0.15) is 5.10 Å². The molecule has 1 aromatic heterocycles. The van der Waals surface area contributed by atoms with Gasteiger partial charge in [0, 0.05) is 18.1 Å². The quantitative estimate of drug-likeness (QED) is 0.853. The van der Waals surface area contributed by atoms with Gasteiger partial charge >= 0.3 is 0 Å². The van der Waals surface area contributed by atoms with Crippen molar-refractivity contribution in [3.8, 4) is 22.8 Å². The Hall–Kier alpha value is -2.34. The van der Waals surface area contributed by atoms with Crippen molar-refractivity contribution < 1.29 is 14.2 Å². The molecular formula is C19H24N2O4. The number of fused-ring (bicyclic) bond motifs is 1. The van der Waals surface area contributed by atoms with E-state index < -0.39 is 0 Å². The van der Waals surface area contributed by atoms with Crippen LogP contribution in [0.4, 0.5) is 0 Å². The summed E-state index contributed by atoms with van der Waals surface area (Å²) in [5.41, 5.74) is 1.21. The Morgan fingerprint density at radius 1 is 1.12 bits per heavy atom. The summed E-state index contributed by atoms with van der Waals surface area (Å²) in [6.07, 6.45) is 0.862. The van der Waals surface area contributed by atoms with Crippen molar-refractivity contribution in [3.63, 3.8) is 0 Å². The Labute approximate surface area is 147 Å². The summed E-state index contributed by atoms with van der Waals surface area (Å²) in [7, 11) is 0. The molecule has 0 spiro atoms. The first-order valence-corrected chi connectivity index (χ1v) is 8.54. The van der Waals surface area contributed by atoms with E-state index in [0.717, 1.165) is 17.7 Å². The number of nitrogens with zero attached hydrogens (tertiary/aromatic N) is 2. The normalized spacial score (nSPS) is 14.2. The second kappa shape index (κ2) is 7.27. The van der Waals surface area contributed by atoms with E-state index in [1.807, 2.05) is 39.0 Å². The van der Waals surface area contributed by atoms with Gasteiger partial charge in [-0.25, -0.2) is 4.68 Å². The maximum Gasteiger partial charge on any atom is 0.266 e. The Kier molecular flexibility index (Phi) is 5.08. The van der Waals surface area contributed by atoms with Gasteiger partial charge in [-0.15, -0.1) is 0 Å². The molecule has 25 heavy (non-hydrogen) atoms. The van der Waals surface area contributed by atoms with Crippen molar-refractivity contribution in [2.75, 3.05) is 19.8 Å². The maximum absolute atomic E-state index is 12.0. The molecule has 2 heterocycles. The average Bonchev–Trinajstić information content (AvgIpc) is 2.80. The van der Waals surface area contributed by atoms with Gasteiger partial charge in [-0.1, -0.05) is 0 Å². The van der Waals surface area contributed by atoms with Crippen molar-refractivity contribution in [2.24, 2.45) is 0 Å². The van der Waals surface area contributed by atoms with Gasteiger partial charge in [-0.3, -0.25) is 4.79 Å². The molecule has 2 aromatic rings. The minimum absolute atomic E-state index is 0.143. The van der Waals surface area contributed by atoms with E-state index in [9.17, 15) is 4.79 Å². The van der Waals surface area contributed by atoms with Crippen LogP contribution in [0.1, 0.15) is 27.2 Å². The fourth-order valence-electron chi connectivity index (χ4n) is 2.52. The van der Waals surface area contributed by atoms with Crippen LogP contribution in [0.25, 0.3) is 11.3 Å².